The normalized spacial score (nSPS) is 20.2. The van der Waals surface area contributed by atoms with Gasteiger partial charge in [0.25, 0.3) is 0 Å². The van der Waals surface area contributed by atoms with Crippen LogP contribution in [-0.2, 0) is 27.2 Å². The third kappa shape index (κ3) is 7.22. The van der Waals surface area contributed by atoms with E-state index in [0.717, 1.165) is 28.1 Å². The molecule has 0 saturated carbocycles. The van der Waals surface area contributed by atoms with Crippen molar-refractivity contribution in [1.29, 1.82) is 0 Å². The lowest BCUT2D eigenvalue weighted by atomic mass is 10.1. The van der Waals surface area contributed by atoms with E-state index in [-0.39, 0.29) is 8.65 Å². The van der Waals surface area contributed by atoms with E-state index in [1.165, 1.54) is 8.47 Å². The Kier molecular flexibility index (Phi) is 11.9. The lowest BCUT2D eigenvalue weighted by molar-refractivity contribution is 0.221. The summed E-state index contributed by atoms with van der Waals surface area (Å²) in [6.45, 7) is 8.82. The Balaban J connectivity index is 1.32. The molecule has 0 aromatic heterocycles. The molecule has 16 heteroatoms. The first-order valence-electron chi connectivity index (χ1n) is 12.5. The van der Waals surface area contributed by atoms with Crippen molar-refractivity contribution in [3.8, 4) is 0 Å². The van der Waals surface area contributed by atoms with E-state index in [4.69, 9.17) is 18.1 Å². The van der Waals surface area contributed by atoms with E-state index in [0.29, 0.717) is 26.4 Å². The quantitative estimate of drug-likeness (QED) is 0.192. The zero-order valence-corrected chi connectivity index (χ0v) is 30.4. The summed E-state index contributed by atoms with van der Waals surface area (Å²) in [4.78, 5) is 0. The molecule has 40 heavy (non-hydrogen) atoms. The Labute approximate surface area is 270 Å². The molecular formula is C24H28O6P2S8. The average Bonchev–Trinajstić information content (AvgIpc) is 3.68. The molecule has 0 aliphatic carbocycles. The van der Waals surface area contributed by atoms with Crippen LogP contribution < -0.4 is 0 Å². The van der Waals surface area contributed by atoms with Crippen LogP contribution in [0.2, 0.25) is 0 Å². The van der Waals surface area contributed by atoms with Gasteiger partial charge in [0.05, 0.1) is 51.9 Å². The average molecular weight is 731 g/mol. The predicted octanol–water partition coefficient (Wildman–Crippen LogP) is 11.5. The summed E-state index contributed by atoms with van der Waals surface area (Å²) in [6.07, 6.45) is 2.26. The van der Waals surface area contributed by atoms with Gasteiger partial charge in [-0.25, -0.2) is 0 Å². The fourth-order valence-electron chi connectivity index (χ4n) is 3.72. The van der Waals surface area contributed by atoms with Crippen molar-refractivity contribution in [3.05, 3.63) is 67.4 Å². The highest BCUT2D eigenvalue weighted by molar-refractivity contribution is 8.49. The second-order valence-corrected chi connectivity index (χ2v) is 24.3. The predicted molar refractivity (Wildman–Crippen MR) is 186 cm³/mol. The van der Waals surface area contributed by atoms with Gasteiger partial charge in [-0.2, -0.15) is 0 Å². The fourth-order valence-corrected chi connectivity index (χ4v) is 23.9. The van der Waals surface area contributed by atoms with Crippen molar-refractivity contribution in [1.82, 2.24) is 0 Å². The van der Waals surface area contributed by atoms with Crippen molar-refractivity contribution in [3.63, 3.8) is 0 Å². The summed E-state index contributed by atoms with van der Waals surface area (Å²) in [5.74, 6) is 0. The molecular weight excluding hydrogens is 703 g/mol. The van der Waals surface area contributed by atoms with Crippen LogP contribution in [0.25, 0.3) is 5.57 Å². The van der Waals surface area contributed by atoms with E-state index in [9.17, 15) is 9.13 Å². The summed E-state index contributed by atoms with van der Waals surface area (Å²) in [7, 11) is -6.41. The standard InChI is InChI=1S/C24H28O6P2S8/c1-5-27-31(25,28-6-2)23-37-19-20(38-23)34-17(33-19)14-16(15-12-10-9-11-13-15)18-35-21-22(36-18)40-24(39-21)32(26,29-7-3)30-8-4/h9-14,23-24H,5-8H2,1-4H3. The minimum atomic E-state index is -3.21. The molecule has 0 saturated heterocycles. The SMILES string of the molecule is CCOP(=O)(OCC)C1SC2=C(SC(=CC(=C3SC4=C(S3)SC(P(=O)(OCC)OCC)S4)c3ccccc3)S2)S1. The van der Waals surface area contributed by atoms with Crippen LogP contribution in [-0.4, -0.2) is 35.1 Å². The number of allylic oxidation sites excluding steroid dienone is 2. The molecule has 4 aliphatic heterocycles. The van der Waals surface area contributed by atoms with Gasteiger partial charge in [0.2, 0.25) is 0 Å². The van der Waals surface area contributed by atoms with Gasteiger partial charge in [0.15, 0.2) is 8.65 Å². The summed E-state index contributed by atoms with van der Waals surface area (Å²) in [5, 5.41) is 0. The number of hydrogen-bond donors (Lipinski definition) is 0. The molecule has 0 radical (unpaired) electrons. The zero-order chi connectivity index (χ0) is 28.3. The topological polar surface area (TPSA) is 71.1 Å². The number of thioether (sulfide) groups is 8. The van der Waals surface area contributed by atoms with Gasteiger partial charge in [-0.1, -0.05) is 124 Å². The van der Waals surface area contributed by atoms with Gasteiger partial charge in [-0.3, -0.25) is 9.13 Å². The van der Waals surface area contributed by atoms with Crippen LogP contribution >= 0.6 is 109 Å². The maximum atomic E-state index is 13.4. The molecule has 0 spiro atoms. The zero-order valence-electron chi connectivity index (χ0n) is 22.1. The van der Waals surface area contributed by atoms with Crippen molar-refractivity contribution in [2.75, 3.05) is 26.4 Å². The van der Waals surface area contributed by atoms with Crippen LogP contribution in [0, 0.1) is 0 Å². The number of hydrogen-bond acceptors (Lipinski definition) is 14. The van der Waals surface area contributed by atoms with Gasteiger partial charge in [0, 0.05) is 5.57 Å². The Bertz CT molecular complexity index is 1290. The molecule has 6 nitrogen and oxygen atoms in total. The monoisotopic (exact) mass is 730 g/mol. The van der Waals surface area contributed by atoms with Gasteiger partial charge >= 0.3 is 15.2 Å². The molecule has 218 valence electrons. The maximum Gasteiger partial charge on any atom is 0.354 e. The van der Waals surface area contributed by atoms with E-state index in [1.807, 2.05) is 33.8 Å². The van der Waals surface area contributed by atoms with Gasteiger partial charge in [-0.15, -0.1) is 0 Å². The lowest BCUT2D eigenvalue weighted by Crippen LogP contribution is -2.04. The highest BCUT2D eigenvalue weighted by Gasteiger charge is 2.47. The molecule has 0 amide bonds. The Morgan fingerprint density at radius 2 is 1.07 bits per heavy atom. The highest BCUT2D eigenvalue weighted by Crippen LogP contribution is 2.76. The first-order valence-corrected chi connectivity index (χ1v) is 22.5. The number of rotatable bonds is 12. The molecule has 5 rings (SSSR count). The van der Waals surface area contributed by atoms with Crippen molar-refractivity contribution in [2.45, 2.75) is 36.3 Å². The lowest BCUT2D eigenvalue weighted by Gasteiger charge is -2.22. The largest absolute Gasteiger partial charge is 0.354 e. The van der Waals surface area contributed by atoms with E-state index >= 15 is 0 Å². The Morgan fingerprint density at radius 3 is 1.48 bits per heavy atom. The molecule has 0 N–H and O–H groups in total. The molecule has 0 atom stereocenters. The van der Waals surface area contributed by atoms with Crippen molar-refractivity contribution in [2.24, 2.45) is 0 Å². The minimum Gasteiger partial charge on any atom is -0.307 e. The maximum absolute atomic E-state index is 13.4. The smallest absolute Gasteiger partial charge is 0.307 e. The first-order chi connectivity index (χ1) is 19.3. The summed E-state index contributed by atoms with van der Waals surface area (Å²) in [6, 6.07) is 10.4. The third-order valence-electron chi connectivity index (χ3n) is 5.24. The molecule has 0 bridgehead atoms. The van der Waals surface area contributed by atoms with Gasteiger partial charge in [0.1, 0.15) is 0 Å². The minimum absolute atomic E-state index is 0.273. The fraction of sp³-hybridized carbons (Fsp3) is 0.417. The number of benzene rings is 1. The van der Waals surface area contributed by atoms with Crippen LogP contribution in [0.5, 0.6) is 0 Å². The summed E-state index contributed by atoms with van der Waals surface area (Å²) < 4.78 is 55.6. The molecule has 4 aliphatic rings. The Hall–Kier alpha value is 1.28. The summed E-state index contributed by atoms with van der Waals surface area (Å²) in [5.41, 5.74) is 2.31. The summed E-state index contributed by atoms with van der Waals surface area (Å²) >= 11 is 13.3. The van der Waals surface area contributed by atoms with Crippen molar-refractivity contribution < 1.29 is 27.2 Å². The molecule has 1 aromatic carbocycles. The second-order valence-electron chi connectivity index (χ2n) is 7.92. The van der Waals surface area contributed by atoms with Crippen LogP contribution in [0.4, 0.5) is 0 Å². The molecule has 0 fully saturated rings. The molecule has 4 heterocycles. The van der Waals surface area contributed by atoms with E-state index in [2.05, 4.69) is 30.3 Å². The molecule has 0 unspecified atom stereocenters. The van der Waals surface area contributed by atoms with Crippen LogP contribution in [0.1, 0.15) is 33.3 Å². The molecule has 1 aromatic rings. The third-order valence-corrected chi connectivity index (χ3v) is 23.9. The van der Waals surface area contributed by atoms with Crippen LogP contribution in [0.3, 0.4) is 0 Å². The first kappa shape index (κ1) is 32.7. The van der Waals surface area contributed by atoms with Gasteiger partial charge < -0.3 is 18.1 Å². The van der Waals surface area contributed by atoms with E-state index < -0.39 is 15.2 Å². The van der Waals surface area contributed by atoms with Crippen molar-refractivity contribution >= 4 is 115 Å². The van der Waals surface area contributed by atoms with E-state index in [1.54, 1.807) is 94.1 Å². The van der Waals surface area contributed by atoms with Crippen LogP contribution in [0.15, 0.2) is 61.8 Å². The van der Waals surface area contributed by atoms with Gasteiger partial charge in [-0.05, 0) is 39.3 Å². The highest BCUT2D eigenvalue weighted by atomic mass is 32.3. The second kappa shape index (κ2) is 14.6. The Morgan fingerprint density at radius 1 is 0.675 bits per heavy atom.